The molecule has 0 unspecified atom stereocenters. The van der Waals surface area contributed by atoms with E-state index in [0.29, 0.717) is 0 Å². The molecule has 2 aliphatic rings. The molecular weight excluding hydrogens is 607 g/mol. The molecule has 0 amide bonds. The maximum absolute atomic E-state index is 2.60. The smallest absolute Gasteiger partial charge is 1.00 e. The fourth-order valence-corrected chi connectivity index (χ4v) is 14.4. The van der Waals surface area contributed by atoms with Crippen molar-refractivity contribution in [1.82, 2.24) is 0 Å². The van der Waals surface area contributed by atoms with Gasteiger partial charge in [-0.15, -0.1) is 0 Å². The van der Waals surface area contributed by atoms with E-state index in [9.17, 15) is 0 Å². The van der Waals surface area contributed by atoms with Gasteiger partial charge >= 0.3 is 232 Å². The van der Waals surface area contributed by atoms with E-state index < -0.39 is 21.3 Å². The number of hydrogen-bond donors (Lipinski definition) is 0. The predicted molar refractivity (Wildman–Crippen MR) is 163 cm³/mol. The Labute approximate surface area is 255 Å². The zero-order valence-corrected chi connectivity index (χ0v) is 26.5. The van der Waals surface area contributed by atoms with E-state index >= 15 is 0 Å². The van der Waals surface area contributed by atoms with E-state index in [-0.39, 0.29) is 24.8 Å². The van der Waals surface area contributed by atoms with Crippen molar-refractivity contribution in [2.45, 2.75) is 26.7 Å². The Kier molecular flexibility index (Phi) is 7.20. The summed E-state index contributed by atoms with van der Waals surface area (Å²) in [5, 5.41) is 11.1. The second-order valence-corrected chi connectivity index (χ2v) is 17.9. The first-order valence-corrected chi connectivity index (χ1v) is 17.3. The average molecular weight is 635 g/mol. The van der Waals surface area contributed by atoms with Crippen molar-refractivity contribution in [2.75, 3.05) is 0 Å². The van der Waals surface area contributed by atoms with Gasteiger partial charge in [-0.25, -0.2) is 0 Å². The number of benzene rings is 6. The molecule has 0 aromatic heterocycles. The van der Waals surface area contributed by atoms with Crippen LogP contribution >= 0.6 is 0 Å². The number of allylic oxidation sites excluding steroid dienone is 2. The van der Waals surface area contributed by atoms with Crippen LogP contribution in [0.3, 0.4) is 0 Å². The molecule has 0 aliphatic heterocycles. The topological polar surface area (TPSA) is 0 Å². The Bertz CT molecular complexity index is 1950. The Morgan fingerprint density at radius 1 is 0.500 bits per heavy atom. The molecule has 0 N–H and O–H groups in total. The summed E-state index contributed by atoms with van der Waals surface area (Å²) in [5.74, 6) is 0. The molecule has 6 aromatic carbocycles. The van der Waals surface area contributed by atoms with E-state index in [1.807, 2.05) is 0 Å². The summed E-state index contributed by atoms with van der Waals surface area (Å²) >= 11 is -2.30. The van der Waals surface area contributed by atoms with Crippen LogP contribution in [0.2, 0.25) is 0 Å². The van der Waals surface area contributed by atoms with Gasteiger partial charge in [-0.3, -0.25) is 0 Å². The summed E-state index contributed by atoms with van der Waals surface area (Å²) in [5.41, 5.74) is 6.11. The van der Waals surface area contributed by atoms with E-state index in [1.165, 1.54) is 65.3 Å². The van der Waals surface area contributed by atoms with Crippen molar-refractivity contribution in [3.8, 4) is 0 Å². The fourth-order valence-electron chi connectivity index (χ4n) is 7.06. The van der Waals surface area contributed by atoms with Crippen molar-refractivity contribution < 1.29 is 46.1 Å². The molecule has 2 aliphatic carbocycles. The van der Waals surface area contributed by atoms with Crippen LogP contribution < -0.4 is 24.8 Å². The SMILES string of the molecule is C[C](C)=[Zr+2]([C]1=CCc2c1ccc1ccc3ccccc3c21)[C]1=CCc2c1ccc1ccc3ccccc3c21.[Cl-].[Cl-]. The Hall–Kier alpha value is -2.83. The molecule has 194 valence electrons. The third-order valence-electron chi connectivity index (χ3n) is 8.68. The Morgan fingerprint density at radius 3 is 1.35 bits per heavy atom. The predicted octanol–water partition coefficient (Wildman–Crippen LogP) is 3.63. The molecule has 6 aromatic rings. The Morgan fingerprint density at radius 2 is 0.900 bits per heavy atom. The summed E-state index contributed by atoms with van der Waals surface area (Å²) in [7, 11) is 0. The van der Waals surface area contributed by atoms with Gasteiger partial charge in [0.05, 0.1) is 0 Å². The van der Waals surface area contributed by atoms with Gasteiger partial charge in [0.2, 0.25) is 0 Å². The minimum Gasteiger partial charge on any atom is -1.00 e. The van der Waals surface area contributed by atoms with Gasteiger partial charge < -0.3 is 24.8 Å². The monoisotopic (exact) mass is 632 g/mol. The second kappa shape index (κ2) is 10.5. The van der Waals surface area contributed by atoms with Gasteiger partial charge in [0.25, 0.3) is 0 Å². The van der Waals surface area contributed by atoms with Gasteiger partial charge in [0.15, 0.2) is 0 Å². The standard InChI is InChI=1S/2C17H11.C3H6.2ClH.Zr/c2*1-2-6-15-12(4-1)8-10-14-11-9-13-5-3-7-16(13)17(14)15;1-3-2;;;/h2*1-4,6,8-11H,7H2;1-2H3;2*1H;/q;;;;;+2/p-2. The zero-order chi connectivity index (χ0) is 25.4. The summed E-state index contributed by atoms with van der Waals surface area (Å²) in [6, 6.07) is 36.5. The quantitative estimate of drug-likeness (QED) is 0.256. The van der Waals surface area contributed by atoms with Gasteiger partial charge in [-0.05, 0) is 0 Å². The van der Waals surface area contributed by atoms with E-state index in [1.54, 1.807) is 9.77 Å². The first-order valence-electron chi connectivity index (χ1n) is 13.6. The normalized spacial score (nSPS) is 13.2. The molecule has 0 saturated heterocycles. The maximum atomic E-state index is 2.60. The van der Waals surface area contributed by atoms with E-state index in [0.717, 1.165) is 12.8 Å². The molecule has 0 fully saturated rings. The van der Waals surface area contributed by atoms with Crippen LogP contribution in [-0.4, -0.2) is 3.21 Å². The number of fused-ring (bicyclic) bond motifs is 10. The van der Waals surface area contributed by atoms with E-state index in [4.69, 9.17) is 0 Å². The van der Waals surface area contributed by atoms with Crippen molar-refractivity contribution in [2.24, 2.45) is 0 Å². The van der Waals surface area contributed by atoms with Crippen LogP contribution in [0.4, 0.5) is 0 Å². The molecular formula is C37H28Cl2Zr. The largest absolute Gasteiger partial charge is 1.00 e. The van der Waals surface area contributed by atoms with Crippen LogP contribution in [0, 0.1) is 0 Å². The van der Waals surface area contributed by atoms with Crippen LogP contribution in [0.25, 0.3) is 49.7 Å². The van der Waals surface area contributed by atoms with Crippen LogP contribution in [0.1, 0.15) is 36.1 Å². The second-order valence-electron chi connectivity index (χ2n) is 11.0. The van der Waals surface area contributed by atoms with Gasteiger partial charge in [-0.1, -0.05) is 0 Å². The van der Waals surface area contributed by atoms with Gasteiger partial charge in [0, 0.05) is 0 Å². The third kappa shape index (κ3) is 4.01. The molecule has 8 rings (SSSR count). The first kappa shape index (κ1) is 27.3. The van der Waals surface area contributed by atoms with Gasteiger partial charge in [0.1, 0.15) is 0 Å². The number of rotatable bonds is 2. The molecule has 0 radical (unpaired) electrons. The first-order chi connectivity index (χ1) is 18.7. The fraction of sp³-hybridized carbons (Fsp3) is 0.108. The summed E-state index contributed by atoms with van der Waals surface area (Å²) < 4.78 is 5.00. The minimum absolute atomic E-state index is 0. The van der Waals surface area contributed by atoms with Crippen molar-refractivity contribution in [3.63, 3.8) is 0 Å². The summed E-state index contributed by atoms with van der Waals surface area (Å²) in [4.78, 5) is 0. The van der Waals surface area contributed by atoms with Crippen LogP contribution in [0.15, 0.2) is 109 Å². The molecule has 0 saturated carbocycles. The molecule has 0 spiro atoms. The van der Waals surface area contributed by atoms with Crippen LogP contribution in [-0.2, 0) is 34.1 Å². The van der Waals surface area contributed by atoms with Gasteiger partial charge in [-0.2, -0.15) is 0 Å². The molecule has 0 heterocycles. The minimum atomic E-state index is -2.30. The Balaban J connectivity index is 0.00000145. The van der Waals surface area contributed by atoms with E-state index in [2.05, 4.69) is 123 Å². The molecule has 0 atom stereocenters. The van der Waals surface area contributed by atoms with Crippen molar-refractivity contribution in [3.05, 3.63) is 131 Å². The zero-order valence-electron chi connectivity index (χ0n) is 22.6. The molecule has 0 nitrogen and oxygen atoms in total. The van der Waals surface area contributed by atoms with Crippen molar-refractivity contribution >= 4 is 52.9 Å². The maximum Gasteiger partial charge on any atom is -1.00 e. The number of halogens is 2. The summed E-state index contributed by atoms with van der Waals surface area (Å²) in [6.07, 6.45) is 7.30. The summed E-state index contributed by atoms with van der Waals surface area (Å²) in [6.45, 7) is 4.80. The molecule has 40 heavy (non-hydrogen) atoms. The average Bonchev–Trinajstić information content (AvgIpc) is 3.57. The van der Waals surface area contributed by atoms with Crippen molar-refractivity contribution in [1.29, 1.82) is 0 Å². The molecule has 3 heteroatoms. The number of hydrogen-bond acceptors (Lipinski definition) is 0. The molecule has 0 bridgehead atoms. The van der Waals surface area contributed by atoms with Crippen LogP contribution in [0.5, 0.6) is 0 Å². The third-order valence-corrected chi connectivity index (χ3v) is 16.1.